The average Bonchev–Trinajstić information content (AvgIpc) is 2.55. The zero-order valence-corrected chi connectivity index (χ0v) is 13.9. The van der Waals surface area contributed by atoms with Crippen molar-refractivity contribution in [3.05, 3.63) is 64.6 Å². The van der Waals surface area contributed by atoms with Crippen molar-refractivity contribution in [2.45, 2.75) is 25.4 Å². The first-order valence-corrected chi connectivity index (χ1v) is 8.37. The van der Waals surface area contributed by atoms with Crippen molar-refractivity contribution in [1.82, 2.24) is 5.32 Å². The molecule has 3 rings (SSSR count). The molecule has 110 valence electrons. The zero-order valence-electron chi connectivity index (χ0n) is 12.3. The molecule has 2 unspecified atom stereocenters. The number of piperazine rings is 1. The van der Waals surface area contributed by atoms with Gasteiger partial charge in [-0.05, 0) is 30.2 Å². The molecule has 21 heavy (non-hydrogen) atoms. The summed E-state index contributed by atoms with van der Waals surface area (Å²) >= 11 is 3.59. The van der Waals surface area contributed by atoms with Crippen LogP contribution < -0.4 is 10.2 Å². The van der Waals surface area contributed by atoms with Crippen LogP contribution in [0.3, 0.4) is 0 Å². The predicted octanol–water partition coefficient (Wildman–Crippen LogP) is 4.38. The fourth-order valence-electron chi connectivity index (χ4n) is 3.00. The highest BCUT2D eigenvalue weighted by atomic mass is 79.9. The van der Waals surface area contributed by atoms with Crippen LogP contribution in [0.15, 0.2) is 59.1 Å². The van der Waals surface area contributed by atoms with Gasteiger partial charge in [0.25, 0.3) is 0 Å². The van der Waals surface area contributed by atoms with E-state index in [1.165, 1.54) is 11.3 Å². The van der Waals surface area contributed by atoms with Crippen molar-refractivity contribution in [2.24, 2.45) is 0 Å². The Morgan fingerprint density at radius 3 is 2.67 bits per heavy atom. The Labute approximate surface area is 135 Å². The van der Waals surface area contributed by atoms with Gasteiger partial charge in [-0.3, -0.25) is 0 Å². The van der Waals surface area contributed by atoms with Crippen molar-refractivity contribution in [3.63, 3.8) is 0 Å². The van der Waals surface area contributed by atoms with E-state index in [1.54, 1.807) is 0 Å². The molecule has 0 saturated carbocycles. The molecule has 0 spiro atoms. The number of anilines is 1. The zero-order chi connectivity index (χ0) is 14.7. The average molecular weight is 345 g/mol. The third-order valence-electron chi connectivity index (χ3n) is 4.21. The van der Waals surface area contributed by atoms with Crippen LogP contribution in [0.25, 0.3) is 0 Å². The van der Waals surface area contributed by atoms with Crippen LogP contribution in [0.2, 0.25) is 0 Å². The first-order chi connectivity index (χ1) is 10.3. The van der Waals surface area contributed by atoms with Gasteiger partial charge in [-0.15, -0.1) is 0 Å². The van der Waals surface area contributed by atoms with Crippen LogP contribution in [0.4, 0.5) is 5.69 Å². The fraction of sp³-hybridized carbons (Fsp3) is 0.333. The second-order valence-corrected chi connectivity index (χ2v) is 6.49. The minimum atomic E-state index is 0.392. The Morgan fingerprint density at radius 2 is 1.95 bits per heavy atom. The van der Waals surface area contributed by atoms with Gasteiger partial charge in [-0.25, -0.2) is 0 Å². The molecular weight excluding hydrogens is 324 g/mol. The number of nitrogens with zero attached hydrogens (tertiary/aromatic N) is 1. The molecule has 0 aromatic heterocycles. The predicted molar refractivity (Wildman–Crippen MR) is 92.8 cm³/mol. The monoisotopic (exact) mass is 344 g/mol. The Balaban J connectivity index is 1.94. The van der Waals surface area contributed by atoms with E-state index < -0.39 is 0 Å². The second-order valence-electron chi connectivity index (χ2n) is 5.57. The molecule has 0 aliphatic carbocycles. The summed E-state index contributed by atoms with van der Waals surface area (Å²) in [5.74, 6) is 0. The number of rotatable bonds is 3. The molecule has 0 amide bonds. The van der Waals surface area contributed by atoms with Gasteiger partial charge in [0.05, 0.1) is 6.04 Å². The van der Waals surface area contributed by atoms with Crippen LogP contribution in [0.1, 0.15) is 24.9 Å². The molecule has 2 nitrogen and oxygen atoms in total. The topological polar surface area (TPSA) is 15.3 Å². The molecular formula is C18H21BrN2. The maximum Gasteiger partial charge on any atom is 0.0667 e. The van der Waals surface area contributed by atoms with Gasteiger partial charge >= 0.3 is 0 Å². The number of benzene rings is 2. The quantitative estimate of drug-likeness (QED) is 0.888. The molecule has 1 N–H and O–H groups in total. The molecule has 0 bridgehead atoms. The molecule has 2 atom stereocenters. The lowest BCUT2D eigenvalue weighted by molar-refractivity contribution is 0.390. The van der Waals surface area contributed by atoms with Crippen molar-refractivity contribution in [3.8, 4) is 0 Å². The highest BCUT2D eigenvalue weighted by molar-refractivity contribution is 9.10. The van der Waals surface area contributed by atoms with Crippen LogP contribution in [-0.4, -0.2) is 19.1 Å². The minimum Gasteiger partial charge on any atom is -0.362 e. The van der Waals surface area contributed by atoms with Crippen molar-refractivity contribution in [2.75, 3.05) is 18.0 Å². The Hall–Kier alpha value is -1.32. The largest absolute Gasteiger partial charge is 0.362 e. The van der Waals surface area contributed by atoms with E-state index in [4.69, 9.17) is 0 Å². The van der Waals surface area contributed by atoms with Crippen LogP contribution in [0.5, 0.6) is 0 Å². The maximum absolute atomic E-state index is 3.68. The Morgan fingerprint density at radius 1 is 1.14 bits per heavy atom. The first kappa shape index (κ1) is 14.6. The van der Waals surface area contributed by atoms with Crippen LogP contribution in [0, 0.1) is 0 Å². The van der Waals surface area contributed by atoms with Crippen molar-refractivity contribution < 1.29 is 0 Å². The summed E-state index contributed by atoms with van der Waals surface area (Å²) in [5.41, 5.74) is 2.66. The van der Waals surface area contributed by atoms with Crippen LogP contribution in [-0.2, 0) is 0 Å². The smallest absolute Gasteiger partial charge is 0.0667 e. The van der Waals surface area contributed by atoms with Gasteiger partial charge in [0.2, 0.25) is 0 Å². The van der Waals surface area contributed by atoms with Gasteiger partial charge in [0, 0.05) is 29.3 Å². The van der Waals surface area contributed by atoms with Crippen LogP contribution >= 0.6 is 15.9 Å². The molecule has 1 saturated heterocycles. The summed E-state index contributed by atoms with van der Waals surface area (Å²) in [5, 5.41) is 3.68. The number of nitrogens with one attached hydrogen (secondary N) is 1. The van der Waals surface area contributed by atoms with E-state index in [-0.39, 0.29) is 0 Å². The van der Waals surface area contributed by atoms with Crippen molar-refractivity contribution in [1.29, 1.82) is 0 Å². The van der Waals surface area contributed by atoms with E-state index >= 15 is 0 Å². The van der Waals surface area contributed by atoms with E-state index in [1.807, 2.05) is 0 Å². The van der Waals surface area contributed by atoms with Gasteiger partial charge in [-0.2, -0.15) is 0 Å². The number of halogens is 1. The fourth-order valence-corrected chi connectivity index (χ4v) is 3.39. The Bertz CT molecular complexity index is 585. The molecule has 1 fully saturated rings. The summed E-state index contributed by atoms with van der Waals surface area (Å²) in [6.07, 6.45) is 1.16. The molecule has 2 aromatic carbocycles. The third kappa shape index (κ3) is 3.30. The highest BCUT2D eigenvalue weighted by Gasteiger charge is 2.28. The summed E-state index contributed by atoms with van der Waals surface area (Å²) in [6, 6.07) is 20.4. The number of hydrogen-bond donors (Lipinski definition) is 1. The van der Waals surface area contributed by atoms with Gasteiger partial charge in [0.1, 0.15) is 0 Å². The first-order valence-electron chi connectivity index (χ1n) is 7.58. The molecule has 2 aromatic rings. The van der Waals surface area contributed by atoms with E-state index in [0.717, 1.165) is 24.0 Å². The van der Waals surface area contributed by atoms with Crippen molar-refractivity contribution >= 4 is 21.6 Å². The normalized spacial score (nSPS) is 22.3. The molecule has 3 heteroatoms. The minimum absolute atomic E-state index is 0.392. The van der Waals surface area contributed by atoms with E-state index in [9.17, 15) is 0 Å². The lowest BCUT2D eigenvalue weighted by Gasteiger charge is -2.42. The summed E-state index contributed by atoms with van der Waals surface area (Å²) < 4.78 is 1.14. The second kappa shape index (κ2) is 6.63. The van der Waals surface area contributed by atoms with E-state index in [2.05, 4.69) is 87.7 Å². The molecule has 0 radical (unpaired) electrons. The summed E-state index contributed by atoms with van der Waals surface area (Å²) in [4.78, 5) is 2.53. The lowest BCUT2D eigenvalue weighted by Crippen LogP contribution is -2.52. The van der Waals surface area contributed by atoms with Gasteiger partial charge in [-0.1, -0.05) is 59.3 Å². The standard InChI is InChI=1S/C18H21BrN2/c1-2-16-13-21(17-10-6-9-15(19)11-17)18(12-20-16)14-7-4-3-5-8-14/h3-11,16,18,20H,2,12-13H2,1H3. The third-order valence-corrected chi connectivity index (χ3v) is 4.70. The lowest BCUT2D eigenvalue weighted by atomic mass is 9.99. The molecule has 1 aliphatic heterocycles. The SMILES string of the molecule is CCC1CN(c2cccc(Br)c2)C(c2ccccc2)CN1. The summed E-state index contributed by atoms with van der Waals surface area (Å²) in [7, 11) is 0. The summed E-state index contributed by atoms with van der Waals surface area (Å²) in [6.45, 7) is 4.29. The maximum atomic E-state index is 3.68. The Kier molecular flexibility index (Phi) is 4.61. The molecule has 1 aliphatic rings. The molecule has 1 heterocycles. The highest BCUT2D eigenvalue weighted by Crippen LogP contribution is 2.31. The van der Waals surface area contributed by atoms with Gasteiger partial charge < -0.3 is 10.2 Å². The number of hydrogen-bond acceptors (Lipinski definition) is 2. The van der Waals surface area contributed by atoms with E-state index in [0.29, 0.717) is 12.1 Å². The van der Waals surface area contributed by atoms with Gasteiger partial charge in [0.15, 0.2) is 0 Å².